The summed E-state index contributed by atoms with van der Waals surface area (Å²) >= 11 is 5.98. The number of aliphatic imine (C=N–C) groups is 1. The topological polar surface area (TPSA) is 146 Å². The smallest absolute Gasteiger partial charge is 0.267 e. The molecule has 2 aliphatic rings. The number of nitrogens with zero attached hydrogens (tertiary/aromatic N) is 1. The zero-order valence-corrected chi connectivity index (χ0v) is 17.5. The predicted molar refractivity (Wildman–Crippen MR) is 113 cm³/mol. The summed E-state index contributed by atoms with van der Waals surface area (Å²) < 4.78 is 13.2. The molecule has 0 spiro atoms. The highest BCUT2D eigenvalue weighted by Gasteiger charge is 2.54. The second-order valence-corrected chi connectivity index (χ2v) is 8.06. The Bertz CT molecular complexity index is 904. The molecule has 0 saturated heterocycles. The van der Waals surface area contributed by atoms with Crippen LogP contribution in [0.3, 0.4) is 0 Å². The molecule has 31 heavy (non-hydrogen) atoms. The number of rotatable bonds is 7. The van der Waals surface area contributed by atoms with Gasteiger partial charge in [-0.15, -0.1) is 0 Å². The van der Waals surface area contributed by atoms with Crippen molar-refractivity contribution in [2.24, 2.45) is 22.6 Å². The van der Waals surface area contributed by atoms with E-state index in [0.29, 0.717) is 31.4 Å². The molecule has 9 nitrogen and oxygen atoms in total. The van der Waals surface area contributed by atoms with E-state index in [1.165, 1.54) is 12.1 Å². The summed E-state index contributed by atoms with van der Waals surface area (Å²) in [6.07, 6.45) is 1.88. The summed E-state index contributed by atoms with van der Waals surface area (Å²) in [6.45, 7) is -0.131. The van der Waals surface area contributed by atoms with E-state index in [0.717, 1.165) is 6.07 Å². The molecule has 1 saturated carbocycles. The Kier molecular flexibility index (Phi) is 7.24. The van der Waals surface area contributed by atoms with Gasteiger partial charge in [0.1, 0.15) is 17.1 Å². The number of carbonyl (C=O) groups excluding carboxylic acids is 3. The molecule has 3 rings (SSSR count). The minimum absolute atomic E-state index is 0.0134. The molecule has 3 amide bonds. The summed E-state index contributed by atoms with van der Waals surface area (Å²) in [6, 6.07) is 3.74. The molecule has 1 heterocycles. The lowest BCUT2D eigenvalue weighted by molar-refractivity contribution is -0.126. The van der Waals surface area contributed by atoms with Crippen LogP contribution in [0.15, 0.2) is 23.2 Å². The minimum Gasteiger partial charge on any atom is -0.395 e. The lowest BCUT2D eigenvalue weighted by atomic mass is 9.69. The average Bonchev–Trinajstić information content (AvgIpc) is 3.20. The van der Waals surface area contributed by atoms with Crippen molar-refractivity contribution in [2.75, 3.05) is 25.1 Å². The van der Waals surface area contributed by atoms with E-state index >= 15 is 0 Å². The number of benzene rings is 1. The van der Waals surface area contributed by atoms with E-state index < -0.39 is 23.2 Å². The Morgan fingerprint density at radius 1 is 1.29 bits per heavy atom. The van der Waals surface area contributed by atoms with Crippen LogP contribution in [0.5, 0.6) is 0 Å². The fourth-order valence-electron chi connectivity index (χ4n) is 4.31. The molecule has 11 heteroatoms. The third kappa shape index (κ3) is 4.70. The molecular weight excluding hydrogens is 429 g/mol. The molecule has 1 aliphatic carbocycles. The van der Waals surface area contributed by atoms with Crippen LogP contribution in [0, 0.1) is 17.7 Å². The van der Waals surface area contributed by atoms with E-state index in [2.05, 4.69) is 20.9 Å². The summed E-state index contributed by atoms with van der Waals surface area (Å²) in [7, 11) is 0. The number of halogens is 2. The fourth-order valence-corrected chi connectivity index (χ4v) is 4.53. The van der Waals surface area contributed by atoms with Crippen molar-refractivity contribution in [2.45, 2.75) is 31.2 Å². The highest BCUT2D eigenvalue weighted by molar-refractivity contribution is 6.47. The van der Waals surface area contributed by atoms with Crippen molar-refractivity contribution >= 4 is 40.7 Å². The molecule has 0 bridgehead atoms. The Balaban J connectivity index is 1.68. The quantitative estimate of drug-likeness (QED) is 0.409. The van der Waals surface area contributed by atoms with Crippen LogP contribution in [-0.2, 0) is 14.4 Å². The number of anilines is 1. The van der Waals surface area contributed by atoms with Gasteiger partial charge in [0.2, 0.25) is 11.8 Å². The van der Waals surface area contributed by atoms with Gasteiger partial charge in [-0.3, -0.25) is 24.7 Å². The maximum atomic E-state index is 13.2. The third-order valence-corrected chi connectivity index (χ3v) is 6.18. The predicted octanol–water partition coefficient (Wildman–Crippen LogP) is 0.558. The van der Waals surface area contributed by atoms with Gasteiger partial charge in [0.25, 0.3) is 5.91 Å². The number of hydrogen-bond donors (Lipinski definition) is 5. The monoisotopic (exact) mass is 453 g/mol. The highest BCUT2D eigenvalue weighted by Crippen LogP contribution is 2.38. The van der Waals surface area contributed by atoms with Gasteiger partial charge in [-0.25, -0.2) is 4.39 Å². The van der Waals surface area contributed by atoms with Crippen molar-refractivity contribution in [3.05, 3.63) is 29.0 Å². The SMILES string of the molecule is NC(=O)C1(C2CCC(C(=O)Nc3ccc(F)cc3Cl)CC2)NCN=C1C(=O)NCCO. The van der Waals surface area contributed by atoms with E-state index in [4.69, 9.17) is 22.4 Å². The number of aliphatic hydroxyl groups excluding tert-OH is 1. The van der Waals surface area contributed by atoms with Crippen molar-refractivity contribution < 1.29 is 23.9 Å². The maximum Gasteiger partial charge on any atom is 0.267 e. The average molecular weight is 454 g/mol. The Morgan fingerprint density at radius 2 is 2.00 bits per heavy atom. The van der Waals surface area contributed by atoms with E-state index in [1.807, 2.05) is 0 Å². The first-order chi connectivity index (χ1) is 14.8. The van der Waals surface area contributed by atoms with Gasteiger partial charge in [0.15, 0.2) is 0 Å². The van der Waals surface area contributed by atoms with Crippen molar-refractivity contribution in [3.8, 4) is 0 Å². The van der Waals surface area contributed by atoms with Crippen LogP contribution in [0.25, 0.3) is 0 Å². The van der Waals surface area contributed by atoms with Gasteiger partial charge in [0.05, 0.1) is 24.0 Å². The third-order valence-electron chi connectivity index (χ3n) is 5.87. The zero-order valence-electron chi connectivity index (χ0n) is 16.8. The van der Waals surface area contributed by atoms with Crippen LogP contribution in [0.4, 0.5) is 10.1 Å². The summed E-state index contributed by atoms with van der Waals surface area (Å²) in [5.74, 6) is -2.63. The van der Waals surface area contributed by atoms with Crippen LogP contribution in [0.1, 0.15) is 25.7 Å². The van der Waals surface area contributed by atoms with Crippen LogP contribution >= 0.6 is 11.6 Å². The highest BCUT2D eigenvalue weighted by atomic mass is 35.5. The summed E-state index contributed by atoms with van der Waals surface area (Å²) in [5.41, 5.74) is 4.64. The lowest BCUT2D eigenvalue weighted by Crippen LogP contribution is -2.66. The van der Waals surface area contributed by atoms with Crippen molar-refractivity contribution in [1.29, 1.82) is 0 Å². The van der Waals surface area contributed by atoms with E-state index in [1.54, 1.807) is 0 Å². The molecule has 6 N–H and O–H groups in total. The van der Waals surface area contributed by atoms with Gasteiger partial charge < -0.3 is 21.5 Å². The number of nitrogens with one attached hydrogen (secondary N) is 3. The molecule has 1 atom stereocenters. The Hall–Kier alpha value is -2.56. The molecule has 0 aromatic heterocycles. The second kappa shape index (κ2) is 9.71. The molecule has 1 aliphatic heterocycles. The number of hydrogen-bond acceptors (Lipinski definition) is 6. The van der Waals surface area contributed by atoms with Crippen molar-refractivity contribution in [3.63, 3.8) is 0 Å². The molecule has 1 unspecified atom stereocenters. The lowest BCUT2D eigenvalue weighted by Gasteiger charge is -2.39. The van der Waals surface area contributed by atoms with Crippen LogP contribution in [0.2, 0.25) is 5.02 Å². The molecule has 0 radical (unpaired) electrons. The largest absolute Gasteiger partial charge is 0.395 e. The second-order valence-electron chi connectivity index (χ2n) is 7.66. The number of amides is 3. The van der Waals surface area contributed by atoms with Crippen LogP contribution in [-0.4, -0.2) is 53.9 Å². The summed E-state index contributed by atoms with van der Waals surface area (Å²) in [5, 5.41) is 17.3. The van der Waals surface area contributed by atoms with E-state index in [9.17, 15) is 18.8 Å². The zero-order chi connectivity index (χ0) is 22.6. The van der Waals surface area contributed by atoms with Crippen molar-refractivity contribution in [1.82, 2.24) is 10.6 Å². The first-order valence-corrected chi connectivity index (χ1v) is 10.4. The van der Waals surface area contributed by atoms with Gasteiger partial charge in [-0.2, -0.15) is 0 Å². The molecular formula is C20H25ClFN5O4. The normalized spacial score (nSPS) is 25.6. The van der Waals surface area contributed by atoms with Crippen LogP contribution < -0.4 is 21.7 Å². The number of primary amides is 1. The standard InChI is InChI=1S/C20H25ClFN5O4/c21-14-9-13(22)5-6-15(14)27-17(29)11-1-3-12(4-2-11)20(19(23)31)16(25-10-26-20)18(30)24-7-8-28/h5-6,9,11-12,26,28H,1-4,7-8,10H2,(H2,23,31)(H,24,30)(H,27,29). The number of carbonyl (C=O) groups is 3. The molecule has 1 aromatic rings. The first-order valence-electron chi connectivity index (χ1n) is 10.0. The Labute approximate surface area is 183 Å². The first kappa shape index (κ1) is 23.1. The fraction of sp³-hybridized carbons (Fsp3) is 0.500. The number of aliphatic hydroxyl groups is 1. The minimum atomic E-state index is -1.42. The van der Waals surface area contributed by atoms with Gasteiger partial charge in [-0.05, 0) is 49.8 Å². The van der Waals surface area contributed by atoms with Gasteiger partial charge in [-0.1, -0.05) is 11.6 Å². The van der Waals surface area contributed by atoms with Gasteiger partial charge in [0, 0.05) is 12.5 Å². The molecule has 168 valence electrons. The Morgan fingerprint density at radius 3 is 2.61 bits per heavy atom. The molecule has 1 aromatic carbocycles. The number of nitrogens with two attached hydrogens (primary N) is 1. The molecule has 1 fully saturated rings. The summed E-state index contributed by atoms with van der Waals surface area (Å²) in [4.78, 5) is 41.8. The van der Waals surface area contributed by atoms with Gasteiger partial charge >= 0.3 is 0 Å². The van der Waals surface area contributed by atoms with E-state index in [-0.39, 0.29) is 48.3 Å². The maximum absolute atomic E-state index is 13.2.